The maximum absolute atomic E-state index is 11.9. The molecule has 1 aliphatic heterocycles. The molecule has 1 saturated heterocycles. The predicted molar refractivity (Wildman–Crippen MR) is 63.3 cm³/mol. The van der Waals surface area contributed by atoms with Crippen molar-refractivity contribution in [3.63, 3.8) is 0 Å². The van der Waals surface area contributed by atoms with Gasteiger partial charge in [-0.2, -0.15) is 0 Å². The van der Waals surface area contributed by atoms with Crippen LogP contribution < -0.4 is 16.0 Å². The summed E-state index contributed by atoms with van der Waals surface area (Å²) in [7, 11) is 0. The summed E-state index contributed by atoms with van der Waals surface area (Å²) in [6, 6.07) is 7.46. The third-order valence-corrected chi connectivity index (χ3v) is 3.59. The third-order valence-electron chi connectivity index (χ3n) is 3.59. The monoisotopic (exact) mass is 217 g/mol. The number of hydrogen-bond acceptors (Lipinski definition) is 2. The molecule has 4 nitrogen and oxygen atoms in total. The van der Waals surface area contributed by atoms with Gasteiger partial charge in [0.05, 0.1) is 12.1 Å². The highest BCUT2D eigenvalue weighted by atomic mass is 16.2. The molecule has 3 rings (SSSR count). The van der Waals surface area contributed by atoms with Crippen molar-refractivity contribution in [1.82, 2.24) is 5.32 Å². The van der Waals surface area contributed by atoms with Crippen LogP contribution in [0.3, 0.4) is 0 Å². The van der Waals surface area contributed by atoms with Crippen LogP contribution in [0.25, 0.3) is 0 Å². The first kappa shape index (κ1) is 9.51. The molecule has 1 spiro atoms. The van der Waals surface area contributed by atoms with Crippen molar-refractivity contribution in [2.75, 3.05) is 17.2 Å². The fraction of sp³-hybridized carbons (Fsp3) is 0.417. The predicted octanol–water partition coefficient (Wildman–Crippen LogP) is 1.72. The lowest BCUT2D eigenvalue weighted by Gasteiger charge is -2.37. The van der Waals surface area contributed by atoms with Crippen LogP contribution in [0.2, 0.25) is 0 Å². The second-order valence-corrected chi connectivity index (χ2v) is 4.74. The number of rotatable bonds is 1. The van der Waals surface area contributed by atoms with Gasteiger partial charge in [0.15, 0.2) is 0 Å². The highest BCUT2D eigenvalue weighted by molar-refractivity contribution is 5.95. The smallest absolute Gasteiger partial charge is 0.322 e. The number of nitrogens with two attached hydrogens (primary N) is 1. The van der Waals surface area contributed by atoms with Crippen molar-refractivity contribution in [1.29, 1.82) is 0 Å². The van der Waals surface area contributed by atoms with E-state index in [1.165, 1.54) is 6.42 Å². The highest BCUT2D eigenvalue weighted by Gasteiger charge is 2.46. The van der Waals surface area contributed by atoms with E-state index in [1.807, 2.05) is 24.3 Å². The number of carbonyl (C=O) groups excluding carboxylic acids is 1. The number of carbonyl (C=O) groups is 1. The third kappa shape index (κ3) is 1.33. The minimum absolute atomic E-state index is 0.0180. The second kappa shape index (κ2) is 3.14. The van der Waals surface area contributed by atoms with Gasteiger partial charge < -0.3 is 11.1 Å². The Kier molecular flexibility index (Phi) is 1.87. The average Bonchev–Trinajstić information content (AvgIpc) is 2.57. The molecule has 2 fully saturated rings. The standard InChI is InChI=1S/C12H15N3O/c13-9-2-4-10(5-3-9)15-8-12(6-1-7-12)14-11(15)16/h2-5H,1,6-8,13H2,(H,14,16). The molecule has 2 aliphatic rings. The summed E-state index contributed by atoms with van der Waals surface area (Å²) in [6.45, 7) is 0.787. The molecule has 0 radical (unpaired) electrons. The van der Waals surface area contributed by atoms with Gasteiger partial charge in [0.1, 0.15) is 0 Å². The summed E-state index contributed by atoms with van der Waals surface area (Å²) in [5, 5.41) is 3.09. The zero-order valence-electron chi connectivity index (χ0n) is 9.07. The van der Waals surface area contributed by atoms with Gasteiger partial charge in [-0.05, 0) is 43.5 Å². The van der Waals surface area contributed by atoms with E-state index in [4.69, 9.17) is 5.73 Å². The molecule has 0 aromatic heterocycles. The molecule has 3 N–H and O–H groups in total. The minimum atomic E-state index is 0.0180. The van der Waals surface area contributed by atoms with Crippen molar-refractivity contribution >= 4 is 17.4 Å². The van der Waals surface area contributed by atoms with Gasteiger partial charge in [-0.25, -0.2) is 4.79 Å². The molecule has 4 heteroatoms. The summed E-state index contributed by atoms with van der Waals surface area (Å²) in [5.41, 5.74) is 7.34. The fourth-order valence-electron chi connectivity index (χ4n) is 2.46. The zero-order chi connectivity index (χ0) is 11.2. The van der Waals surface area contributed by atoms with E-state index in [1.54, 1.807) is 4.90 Å². The molecule has 0 bridgehead atoms. The van der Waals surface area contributed by atoms with Crippen molar-refractivity contribution in [2.45, 2.75) is 24.8 Å². The Morgan fingerprint density at radius 1 is 1.25 bits per heavy atom. The van der Waals surface area contributed by atoms with Gasteiger partial charge in [0, 0.05) is 11.4 Å². The van der Waals surface area contributed by atoms with E-state index in [0.717, 1.165) is 30.8 Å². The van der Waals surface area contributed by atoms with Crippen LogP contribution in [0.4, 0.5) is 16.2 Å². The lowest BCUT2D eigenvalue weighted by atomic mass is 9.77. The Balaban J connectivity index is 1.85. The van der Waals surface area contributed by atoms with Crippen LogP contribution in [-0.2, 0) is 0 Å². The number of benzene rings is 1. The topological polar surface area (TPSA) is 58.4 Å². The highest BCUT2D eigenvalue weighted by Crippen LogP contribution is 2.37. The molecular weight excluding hydrogens is 202 g/mol. The lowest BCUT2D eigenvalue weighted by molar-refractivity contribution is 0.218. The molecular formula is C12H15N3O. The minimum Gasteiger partial charge on any atom is -0.399 e. The Morgan fingerprint density at radius 2 is 1.94 bits per heavy atom. The summed E-state index contributed by atoms with van der Waals surface area (Å²) in [5.74, 6) is 0. The number of nitrogens with zero attached hydrogens (tertiary/aromatic N) is 1. The molecule has 16 heavy (non-hydrogen) atoms. The Hall–Kier alpha value is -1.71. The van der Waals surface area contributed by atoms with Crippen LogP contribution in [0.15, 0.2) is 24.3 Å². The van der Waals surface area contributed by atoms with E-state index in [9.17, 15) is 4.79 Å². The maximum atomic E-state index is 11.9. The van der Waals surface area contributed by atoms with E-state index >= 15 is 0 Å². The number of amides is 2. The first-order chi connectivity index (χ1) is 7.69. The van der Waals surface area contributed by atoms with Crippen molar-refractivity contribution in [2.24, 2.45) is 0 Å². The summed E-state index contributed by atoms with van der Waals surface area (Å²) in [6.07, 6.45) is 3.42. The summed E-state index contributed by atoms with van der Waals surface area (Å²) < 4.78 is 0. The Labute approximate surface area is 94.4 Å². The van der Waals surface area contributed by atoms with Gasteiger partial charge in [-0.15, -0.1) is 0 Å². The van der Waals surface area contributed by atoms with Crippen LogP contribution in [0, 0.1) is 0 Å². The zero-order valence-corrected chi connectivity index (χ0v) is 9.07. The van der Waals surface area contributed by atoms with E-state index < -0.39 is 0 Å². The fourth-order valence-corrected chi connectivity index (χ4v) is 2.46. The first-order valence-electron chi connectivity index (χ1n) is 5.64. The molecule has 1 aromatic carbocycles. The molecule has 84 valence electrons. The quantitative estimate of drug-likeness (QED) is 0.704. The van der Waals surface area contributed by atoms with Gasteiger partial charge in [-0.1, -0.05) is 0 Å². The maximum Gasteiger partial charge on any atom is 0.322 e. The van der Waals surface area contributed by atoms with Crippen LogP contribution in [0.1, 0.15) is 19.3 Å². The SMILES string of the molecule is Nc1ccc(N2CC3(CCC3)NC2=O)cc1. The lowest BCUT2D eigenvalue weighted by Crippen LogP contribution is -2.49. The van der Waals surface area contributed by atoms with E-state index in [2.05, 4.69) is 5.32 Å². The number of nitrogen functional groups attached to an aromatic ring is 1. The van der Waals surface area contributed by atoms with Crippen molar-refractivity contribution in [3.05, 3.63) is 24.3 Å². The second-order valence-electron chi connectivity index (χ2n) is 4.74. The van der Waals surface area contributed by atoms with Gasteiger partial charge in [0.2, 0.25) is 0 Å². The molecule has 1 saturated carbocycles. The summed E-state index contributed by atoms with van der Waals surface area (Å²) in [4.78, 5) is 13.7. The molecule has 1 heterocycles. The average molecular weight is 217 g/mol. The van der Waals surface area contributed by atoms with Crippen LogP contribution in [-0.4, -0.2) is 18.1 Å². The van der Waals surface area contributed by atoms with Gasteiger partial charge in [-0.3, -0.25) is 4.90 Å². The number of nitrogens with one attached hydrogen (secondary N) is 1. The van der Waals surface area contributed by atoms with E-state index in [-0.39, 0.29) is 11.6 Å². The van der Waals surface area contributed by atoms with E-state index in [0.29, 0.717) is 0 Å². The number of urea groups is 1. The summed E-state index contributed by atoms with van der Waals surface area (Å²) >= 11 is 0. The molecule has 0 atom stereocenters. The van der Waals surface area contributed by atoms with Crippen molar-refractivity contribution < 1.29 is 4.79 Å². The number of hydrogen-bond donors (Lipinski definition) is 2. The normalized spacial score (nSPS) is 22.0. The molecule has 2 amide bonds. The Morgan fingerprint density at radius 3 is 2.44 bits per heavy atom. The van der Waals surface area contributed by atoms with Crippen LogP contribution in [0.5, 0.6) is 0 Å². The van der Waals surface area contributed by atoms with Crippen molar-refractivity contribution in [3.8, 4) is 0 Å². The van der Waals surface area contributed by atoms with Crippen LogP contribution >= 0.6 is 0 Å². The molecule has 1 aliphatic carbocycles. The first-order valence-corrected chi connectivity index (χ1v) is 5.64. The Bertz CT molecular complexity index is 422. The van der Waals surface area contributed by atoms with Gasteiger partial charge >= 0.3 is 6.03 Å². The molecule has 1 aromatic rings. The number of anilines is 2. The van der Waals surface area contributed by atoms with Gasteiger partial charge in [0.25, 0.3) is 0 Å². The molecule has 0 unspecified atom stereocenters. The largest absolute Gasteiger partial charge is 0.399 e.